The second kappa shape index (κ2) is 9.85. The second-order valence-electron chi connectivity index (χ2n) is 10.9. The molecule has 2 aromatic heterocycles. The quantitative estimate of drug-likeness (QED) is 0.422. The van der Waals surface area contributed by atoms with Gasteiger partial charge in [-0.1, -0.05) is 54.8 Å². The minimum atomic E-state index is -0.187. The highest BCUT2D eigenvalue weighted by Gasteiger charge is 2.51. The molecule has 2 fully saturated rings. The molecule has 7 nitrogen and oxygen atoms in total. The lowest BCUT2D eigenvalue weighted by molar-refractivity contribution is -0.125. The molecular weight excluding hydrogens is 450 g/mol. The molecule has 3 aliphatic rings. The van der Waals surface area contributed by atoms with Gasteiger partial charge in [-0.15, -0.1) is 0 Å². The van der Waals surface area contributed by atoms with Crippen molar-refractivity contribution in [2.75, 3.05) is 11.9 Å². The minimum Gasteiger partial charge on any atom is -0.389 e. The Labute approximate surface area is 213 Å². The molecule has 190 valence electrons. The van der Waals surface area contributed by atoms with Gasteiger partial charge in [-0.2, -0.15) is 5.10 Å². The number of fused-ring (bicyclic) bond motifs is 1. The van der Waals surface area contributed by atoms with E-state index in [1.807, 2.05) is 16.9 Å². The number of aryl methyl sites for hydroxylation is 2. The summed E-state index contributed by atoms with van der Waals surface area (Å²) in [7, 11) is 0. The van der Waals surface area contributed by atoms with Crippen LogP contribution in [0.4, 0.5) is 5.69 Å². The number of benzene rings is 1. The van der Waals surface area contributed by atoms with Gasteiger partial charge in [0.15, 0.2) is 5.65 Å². The van der Waals surface area contributed by atoms with E-state index in [0.717, 1.165) is 66.1 Å². The molecule has 3 heterocycles. The monoisotopic (exact) mass is 487 g/mol. The first-order valence-electron chi connectivity index (χ1n) is 13.6. The molecule has 0 amide bonds. The Morgan fingerprint density at radius 2 is 1.94 bits per heavy atom. The highest BCUT2D eigenvalue weighted by atomic mass is 16.7. The minimum absolute atomic E-state index is 0.187. The highest BCUT2D eigenvalue weighted by Crippen LogP contribution is 2.48. The van der Waals surface area contributed by atoms with Gasteiger partial charge in [0.25, 0.3) is 0 Å². The lowest BCUT2D eigenvalue weighted by Crippen LogP contribution is -2.45. The van der Waals surface area contributed by atoms with Gasteiger partial charge < -0.3 is 14.9 Å². The van der Waals surface area contributed by atoms with Crippen LogP contribution in [0.5, 0.6) is 0 Å². The Morgan fingerprint density at radius 1 is 1.14 bits per heavy atom. The SMILES string of the molecule is CCn1ncc2c(NC3CCCCC3)c(C3=NOC4(C3)CC(COCc3ccccc3)C4)c(C)nc21. The van der Waals surface area contributed by atoms with E-state index in [-0.39, 0.29) is 5.60 Å². The van der Waals surface area contributed by atoms with Crippen molar-refractivity contribution >= 4 is 22.4 Å². The van der Waals surface area contributed by atoms with Crippen molar-refractivity contribution in [3.63, 3.8) is 0 Å². The lowest BCUT2D eigenvalue weighted by Gasteiger charge is -2.42. The Balaban J connectivity index is 1.17. The first-order chi connectivity index (χ1) is 17.6. The van der Waals surface area contributed by atoms with E-state index < -0.39 is 0 Å². The first kappa shape index (κ1) is 23.5. The maximum atomic E-state index is 6.13. The summed E-state index contributed by atoms with van der Waals surface area (Å²) in [5.41, 5.74) is 6.26. The Kier molecular flexibility index (Phi) is 6.42. The summed E-state index contributed by atoms with van der Waals surface area (Å²) in [5.74, 6) is 0.521. The first-order valence-corrected chi connectivity index (χ1v) is 13.6. The number of hydrogen-bond acceptors (Lipinski definition) is 6. The molecule has 3 aromatic rings. The maximum absolute atomic E-state index is 6.13. The molecule has 7 heteroatoms. The van der Waals surface area contributed by atoms with Crippen LogP contribution in [0.25, 0.3) is 11.0 Å². The van der Waals surface area contributed by atoms with Crippen LogP contribution in [0.2, 0.25) is 0 Å². The Hall–Kier alpha value is -2.93. The number of oxime groups is 1. The van der Waals surface area contributed by atoms with Crippen molar-refractivity contribution in [3.8, 4) is 0 Å². The van der Waals surface area contributed by atoms with Crippen LogP contribution in [0.3, 0.4) is 0 Å². The van der Waals surface area contributed by atoms with Crippen LogP contribution in [-0.2, 0) is 22.7 Å². The van der Waals surface area contributed by atoms with Gasteiger partial charge in [0.2, 0.25) is 0 Å². The van der Waals surface area contributed by atoms with Crippen molar-refractivity contribution in [3.05, 3.63) is 53.3 Å². The summed E-state index contributed by atoms with van der Waals surface area (Å²) in [4.78, 5) is 11.1. The number of aromatic nitrogens is 3. The summed E-state index contributed by atoms with van der Waals surface area (Å²) >= 11 is 0. The summed E-state index contributed by atoms with van der Waals surface area (Å²) in [5, 5.41) is 14.3. The number of pyridine rings is 1. The van der Waals surface area contributed by atoms with Crippen LogP contribution >= 0.6 is 0 Å². The normalized spacial score (nSPS) is 24.1. The molecule has 1 aromatic carbocycles. The molecule has 36 heavy (non-hydrogen) atoms. The van der Waals surface area contributed by atoms with Crippen LogP contribution in [0, 0.1) is 12.8 Å². The zero-order valence-corrected chi connectivity index (χ0v) is 21.5. The van der Waals surface area contributed by atoms with E-state index in [1.165, 1.54) is 37.7 Å². The van der Waals surface area contributed by atoms with Crippen LogP contribution in [0.1, 0.15) is 75.1 Å². The molecule has 2 aliphatic carbocycles. The molecule has 2 saturated carbocycles. The summed E-state index contributed by atoms with van der Waals surface area (Å²) < 4.78 is 7.98. The predicted molar refractivity (Wildman–Crippen MR) is 142 cm³/mol. The van der Waals surface area contributed by atoms with Crippen molar-refractivity contribution < 1.29 is 9.57 Å². The second-order valence-corrected chi connectivity index (χ2v) is 10.9. The molecule has 6 rings (SSSR count). The van der Waals surface area contributed by atoms with Gasteiger partial charge in [-0.25, -0.2) is 9.67 Å². The summed E-state index contributed by atoms with van der Waals surface area (Å²) in [6.45, 7) is 6.45. The molecule has 1 spiro atoms. The van der Waals surface area contributed by atoms with Crippen molar-refractivity contribution in [1.82, 2.24) is 14.8 Å². The van der Waals surface area contributed by atoms with E-state index in [1.54, 1.807) is 0 Å². The molecule has 0 radical (unpaired) electrons. The van der Waals surface area contributed by atoms with Crippen LogP contribution in [0.15, 0.2) is 41.7 Å². The average molecular weight is 488 g/mol. The Bertz CT molecular complexity index is 1240. The number of hydrogen-bond donors (Lipinski definition) is 1. The maximum Gasteiger partial charge on any atom is 0.160 e. The zero-order chi connectivity index (χ0) is 24.5. The average Bonchev–Trinajstić information content (AvgIpc) is 3.50. The van der Waals surface area contributed by atoms with Gasteiger partial charge in [-0.05, 0) is 51.0 Å². The van der Waals surface area contributed by atoms with Crippen LogP contribution < -0.4 is 5.32 Å². The van der Waals surface area contributed by atoms with E-state index in [0.29, 0.717) is 18.6 Å². The summed E-state index contributed by atoms with van der Waals surface area (Å²) in [6, 6.07) is 10.9. The van der Waals surface area contributed by atoms with Gasteiger partial charge >= 0.3 is 0 Å². The molecule has 0 bridgehead atoms. The fourth-order valence-electron chi connectivity index (χ4n) is 6.29. The number of rotatable bonds is 8. The molecule has 1 aliphatic heterocycles. The van der Waals surface area contributed by atoms with E-state index >= 15 is 0 Å². The van der Waals surface area contributed by atoms with Crippen molar-refractivity contribution in [1.29, 1.82) is 0 Å². The van der Waals surface area contributed by atoms with Gasteiger partial charge in [0.1, 0.15) is 5.60 Å². The van der Waals surface area contributed by atoms with Crippen LogP contribution in [-0.4, -0.2) is 38.7 Å². The highest BCUT2D eigenvalue weighted by molar-refractivity contribution is 6.12. The molecule has 0 atom stereocenters. The third-order valence-electron chi connectivity index (χ3n) is 8.13. The Morgan fingerprint density at radius 3 is 2.72 bits per heavy atom. The smallest absolute Gasteiger partial charge is 0.160 e. The number of anilines is 1. The zero-order valence-electron chi connectivity index (χ0n) is 21.5. The fraction of sp³-hybridized carbons (Fsp3) is 0.552. The lowest BCUT2D eigenvalue weighted by atomic mass is 9.68. The number of ether oxygens (including phenoxy) is 1. The van der Waals surface area contributed by atoms with Crippen molar-refractivity contribution in [2.45, 2.75) is 90.0 Å². The number of nitrogens with one attached hydrogen (secondary N) is 1. The van der Waals surface area contributed by atoms with Crippen molar-refractivity contribution in [2.24, 2.45) is 11.1 Å². The molecular formula is C29H37N5O2. The standard InChI is InChI=1S/C29H37N5O2/c1-3-34-28-24(17-30-34)27(32-23-12-8-5-9-13-23)26(20(2)31-28)25-16-29(36-33-25)14-22(15-29)19-35-18-21-10-6-4-7-11-21/h4,6-7,10-11,17,22-23H,3,5,8-9,12-16,18-19H2,1-2H3,(H,31,32). The fourth-order valence-corrected chi connectivity index (χ4v) is 6.29. The van der Waals surface area contributed by atoms with E-state index in [2.05, 4.69) is 53.7 Å². The van der Waals surface area contributed by atoms with Gasteiger partial charge in [0.05, 0.1) is 41.9 Å². The number of nitrogens with zero attached hydrogens (tertiary/aromatic N) is 4. The van der Waals surface area contributed by atoms with Gasteiger partial charge in [0, 0.05) is 24.6 Å². The largest absolute Gasteiger partial charge is 0.389 e. The van der Waals surface area contributed by atoms with E-state index in [9.17, 15) is 0 Å². The topological polar surface area (TPSA) is 73.6 Å². The van der Waals surface area contributed by atoms with Gasteiger partial charge in [-0.3, -0.25) is 0 Å². The predicted octanol–water partition coefficient (Wildman–Crippen LogP) is 5.99. The third kappa shape index (κ3) is 4.49. The molecule has 0 unspecified atom stereocenters. The summed E-state index contributed by atoms with van der Waals surface area (Å²) in [6.07, 6.45) is 11.1. The molecule has 0 saturated heterocycles. The molecule has 1 N–H and O–H groups in total. The third-order valence-corrected chi connectivity index (χ3v) is 8.13. The van der Waals surface area contributed by atoms with E-state index in [4.69, 9.17) is 14.6 Å².